The Kier molecular flexibility index (Phi) is 4.95. The molecule has 4 nitrogen and oxygen atoms in total. The van der Waals surface area contributed by atoms with E-state index >= 15 is 0 Å². The summed E-state index contributed by atoms with van der Waals surface area (Å²) in [5.74, 6) is 0.453. The quantitative estimate of drug-likeness (QED) is 0.830. The Morgan fingerprint density at radius 3 is 2.42 bits per heavy atom. The summed E-state index contributed by atoms with van der Waals surface area (Å²) in [4.78, 5) is 11.5. The fourth-order valence-electron chi connectivity index (χ4n) is 1.85. The average Bonchev–Trinajstić information content (AvgIpc) is 2.37. The van der Waals surface area contributed by atoms with Crippen molar-refractivity contribution < 1.29 is 14.3 Å². The number of hydrogen-bond acceptors (Lipinski definition) is 4. The van der Waals surface area contributed by atoms with E-state index in [1.165, 1.54) is 12.7 Å². The van der Waals surface area contributed by atoms with Crippen molar-refractivity contribution in [3.63, 3.8) is 0 Å². The molecule has 0 aliphatic rings. The summed E-state index contributed by atoms with van der Waals surface area (Å²) in [7, 11) is 1.34. The normalized spacial score (nSPS) is 13.8. The Morgan fingerprint density at radius 2 is 1.84 bits per heavy atom. The predicted octanol–water partition coefficient (Wildman–Crippen LogP) is 2.27. The molecule has 0 radical (unpaired) electrons. The van der Waals surface area contributed by atoms with Crippen LogP contribution < -0.4 is 10.5 Å². The fourth-order valence-corrected chi connectivity index (χ4v) is 1.85. The van der Waals surface area contributed by atoms with Crippen LogP contribution in [0, 0.1) is 20.8 Å². The Balaban J connectivity index is 2.69. The zero-order valence-corrected chi connectivity index (χ0v) is 12.4. The van der Waals surface area contributed by atoms with Crippen LogP contribution in [0.2, 0.25) is 0 Å². The minimum absolute atomic E-state index is 0.382. The molecular weight excluding hydrogens is 242 g/mol. The summed E-state index contributed by atoms with van der Waals surface area (Å²) in [6.45, 7) is 8.11. The molecule has 0 aromatic heterocycles. The van der Waals surface area contributed by atoms with Crippen LogP contribution in [0.1, 0.15) is 30.0 Å². The largest absolute Gasteiger partial charge is 0.493 e. The first kappa shape index (κ1) is 15.5. The maximum absolute atomic E-state index is 11.5. The maximum Gasteiger partial charge on any atom is 0.325 e. The molecular formula is C15H23NO3. The highest BCUT2D eigenvalue weighted by atomic mass is 16.5. The molecule has 0 saturated carbocycles. The smallest absolute Gasteiger partial charge is 0.325 e. The average molecular weight is 265 g/mol. The van der Waals surface area contributed by atoms with Crippen LogP contribution in [0.15, 0.2) is 12.1 Å². The Bertz CT molecular complexity index is 467. The van der Waals surface area contributed by atoms with Crippen molar-refractivity contribution in [2.45, 2.75) is 39.7 Å². The van der Waals surface area contributed by atoms with Crippen LogP contribution in [-0.2, 0) is 9.53 Å². The topological polar surface area (TPSA) is 61.5 Å². The predicted molar refractivity (Wildman–Crippen MR) is 75.4 cm³/mol. The van der Waals surface area contributed by atoms with Gasteiger partial charge in [0.05, 0.1) is 13.7 Å². The highest BCUT2D eigenvalue weighted by Gasteiger charge is 2.29. The van der Waals surface area contributed by atoms with E-state index in [-0.39, 0.29) is 0 Å². The molecule has 1 aromatic carbocycles. The van der Waals surface area contributed by atoms with Gasteiger partial charge < -0.3 is 15.2 Å². The van der Waals surface area contributed by atoms with Gasteiger partial charge >= 0.3 is 5.97 Å². The summed E-state index contributed by atoms with van der Waals surface area (Å²) in [5, 5.41) is 0. The van der Waals surface area contributed by atoms with Gasteiger partial charge in [-0.05, 0) is 44.4 Å². The highest BCUT2D eigenvalue weighted by Crippen LogP contribution is 2.26. The summed E-state index contributed by atoms with van der Waals surface area (Å²) < 4.78 is 10.5. The second-order valence-corrected chi connectivity index (χ2v) is 5.16. The lowest BCUT2D eigenvalue weighted by molar-refractivity contribution is -0.146. The van der Waals surface area contributed by atoms with E-state index in [4.69, 9.17) is 10.5 Å². The van der Waals surface area contributed by atoms with Gasteiger partial charge in [-0.2, -0.15) is 0 Å². The van der Waals surface area contributed by atoms with Crippen molar-refractivity contribution >= 4 is 5.97 Å². The number of hydrogen-bond donors (Lipinski definition) is 1. The van der Waals surface area contributed by atoms with E-state index in [9.17, 15) is 4.79 Å². The lowest BCUT2D eigenvalue weighted by atomic mass is 10.0. The van der Waals surface area contributed by atoms with Crippen molar-refractivity contribution in [1.29, 1.82) is 0 Å². The van der Waals surface area contributed by atoms with Gasteiger partial charge in [0.1, 0.15) is 11.3 Å². The Morgan fingerprint density at radius 1 is 1.26 bits per heavy atom. The molecule has 0 aliphatic heterocycles. The molecule has 1 unspecified atom stereocenters. The first-order chi connectivity index (χ1) is 8.79. The third kappa shape index (κ3) is 3.70. The first-order valence-electron chi connectivity index (χ1n) is 6.36. The lowest BCUT2D eigenvalue weighted by Gasteiger charge is -2.22. The van der Waals surface area contributed by atoms with Gasteiger partial charge in [-0.25, -0.2) is 0 Å². The van der Waals surface area contributed by atoms with Crippen LogP contribution in [-0.4, -0.2) is 25.2 Å². The molecule has 0 heterocycles. The van der Waals surface area contributed by atoms with Crippen molar-refractivity contribution in [2.75, 3.05) is 13.7 Å². The van der Waals surface area contributed by atoms with E-state index < -0.39 is 11.5 Å². The standard InChI is InChI=1S/C15H23NO3/c1-10-6-7-11(2)13(12(10)3)19-9-8-15(4,16)14(17)18-5/h6-7H,8-9,16H2,1-5H3. The highest BCUT2D eigenvalue weighted by molar-refractivity contribution is 5.79. The molecule has 1 aromatic rings. The van der Waals surface area contributed by atoms with Gasteiger partial charge in [0.2, 0.25) is 0 Å². The third-order valence-electron chi connectivity index (χ3n) is 3.39. The molecule has 1 atom stereocenters. The van der Waals surface area contributed by atoms with E-state index in [0.29, 0.717) is 13.0 Å². The summed E-state index contributed by atoms with van der Waals surface area (Å²) >= 11 is 0. The van der Waals surface area contributed by atoms with E-state index in [1.54, 1.807) is 6.92 Å². The van der Waals surface area contributed by atoms with Crippen LogP contribution in [0.3, 0.4) is 0 Å². The molecule has 0 fully saturated rings. The number of ether oxygens (including phenoxy) is 2. The summed E-state index contributed by atoms with van der Waals surface area (Å²) in [6.07, 6.45) is 0.409. The molecule has 106 valence electrons. The number of aryl methyl sites for hydroxylation is 2. The number of carbonyl (C=O) groups excluding carboxylic acids is 1. The summed E-state index contributed by atoms with van der Waals surface area (Å²) in [6, 6.07) is 4.10. The molecule has 2 N–H and O–H groups in total. The van der Waals surface area contributed by atoms with Crippen molar-refractivity contribution in [1.82, 2.24) is 0 Å². The van der Waals surface area contributed by atoms with Crippen molar-refractivity contribution in [2.24, 2.45) is 5.73 Å². The second kappa shape index (κ2) is 6.06. The number of methoxy groups -OCH3 is 1. The van der Waals surface area contributed by atoms with Gasteiger partial charge in [-0.3, -0.25) is 4.79 Å². The number of carbonyl (C=O) groups is 1. The molecule has 0 amide bonds. The molecule has 0 bridgehead atoms. The fraction of sp³-hybridized carbons (Fsp3) is 0.533. The van der Waals surface area contributed by atoms with Gasteiger partial charge in [0.15, 0.2) is 0 Å². The SMILES string of the molecule is COC(=O)C(C)(N)CCOc1c(C)ccc(C)c1C. The van der Waals surface area contributed by atoms with Gasteiger partial charge in [0.25, 0.3) is 0 Å². The monoisotopic (exact) mass is 265 g/mol. The molecule has 1 rings (SSSR count). The van der Waals surface area contributed by atoms with Gasteiger partial charge in [0, 0.05) is 6.42 Å². The van der Waals surface area contributed by atoms with Crippen molar-refractivity contribution in [3.8, 4) is 5.75 Å². The number of benzene rings is 1. The van der Waals surface area contributed by atoms with Crippen LogP contribution >= 0.6 is 0 Å². The van der Waals surface area contributed by atoms with Gasteiger partial charge in [-0.15, -0.1) is 0 Å². The second-order valence-electron chi connectivity index (χ2n) is 5.16. The third-order valence-corrected chi connectivity index (χ3v) is 3.39. The molecule has 4 heteroatoms. The molecule has 0 spiro atoms. The number of nitrogens with two attached hydrogens (primary N) is 1. The minimum Gasteiger partial charge on any atom is -0.493 e. The number of rotatable bonds is 5. The van der Waals surface area contributed by atoms with Crippen LogP contribution in [0.5, 0.6) is 5.75 Å². The Hall–Kier alpha value is -1.55. The molecule has 19 heavy (non-hydrogen) atoms. The Labute approximate surface area is 114 Å². The molecule has 0 aliphatic carbocycles. The van der Waals surface area contributed by atoms with E-state index in [1.807, 2.05) is 26.8 Å². The summed E-state index contributed by atoms with van der Waals surface area (Å²) in [5.41, 5.74) is 8.26. The maximum atomic E-state index is 11.5. The zero-order chi connectivity index (χ0) is 14.6. The lowest BCUT2D eigenvalue weighted by Crippen LogP contribution is -2.46. The van der Waals surface area contributed by atoms with E-state index in [2.05, 4.69) is 10.8 Å². The first-order valence-corrected chi connectivity index (χ1v) is 6.36. The van der Waals surface area contributed by atoms with Gasteiger partial charge in [-0.1, -0.05) is 12.1 Å². The van der Waals surface area contributed by atoms with E-state index in [0.717, 1.165) is 16.9 Å². The van der Waals surface area contributed by atoms with Crippen LogP contribution in [0.25, 0.3) is 0 Å². The molecule has 0 saturated heterocycles. The minimum atomic E-state index is -1.01. The zero-order valence-electron chi connectivity index (χ0n) is 12.4. The number of esters is 1. The van der Waals surface area contributed by atoms with Crippen LogP contribution in [0.4, 0.5) is 0 Å². The van der Waals surface area contributed by atoms with Crippen molar-refractivity contribution in [3.05, 3.63) is 28.8 Å².